The summed E-state index contributed by atoms with van der Waals surface area (Å²) < 4.78 is 0. The molecule has 1 aliphatic rings. The van der Waals surface area contributed by atoms with E-state index in [4.69, 9.17) is 46.4 Å². The second-order valence-corrected chi connectivity index (χ2v) is 14.2. The molecule has 222 valence electrons. The lowest BCUT2D eigenvalue weighted by Gasteiger charge is -2.28. The number of amides is 1. The van der Waals surface area contributed by atoms with Crippen molar-refractivity contribution < 1.29 is 19.5 Å². The van der Waals surface area contributed by atoms with Crippen LogP contribution in [0.4, 0.5) is 5.69 Å². The van der Waals surface area contributed by atoms with Crippen LogP contribution in [0.25, 0.3) is 10.9 Å². The van der Waals surface area contributed by atoms with Gasteiger partial charge in [0.2, 0.25) is 0 Å². The predicted molar refractivity (Wildman–Crippen MR) is 173 cm³/mol. The van der Waals surface area contributed by atoms with Gasteiger partial charge in [-0.3, -0.25) is 14.4 Å². The highest BCUT2D eigenvalue weighted by atomic mass is 35.5. The minimum absolute atomic E-state index is 0.0869. The molecule has 2 N–H and O–H groups in total. The predicted octanol–water partition coefficient (Wildman–Crippen LogP) is 9.56. The molecular formula is C33H28Cl4N2O4. The molecule has 10 heteroatoms. The molecular weight excluding hydrogens is 630 g/mol. The summed E-state index contributed by atoms with van der Waals surface area (Å²) >= 11 is 25.0. The number of nitrogens with zero attached hydrogens (tertiary/aromatic N) is 1. The second kappa shape index (κ2) is 10.8. The monoisotopic (exact) mass is 656 g/mol. The number of carbonyl (C=O) groups excluding carboxylic acids is 3. The number of phenols is 1. The van der Waals surface area contributed by atoms with Crippen LogP contribution in [0, 0.1) is 0 Å². The van der Waals surface area contributed by atoms with Crippen molar-refractivity contribution in [2.75, 3.05) is 5.32 Å². The lowest BCUT2D eigenvalue weighted by molar-refractivity contribution is 0.0887. The third-order valence-corrected chi connectivity index (χ3v) is 9.36. The second-order valence-electron chi connectivity index (χ2n) is 12.7. The zero-order valence-electron chi connectivity index (χ0n) is 24.2. The highest BCUT2D eigenvalue weighted by molar-refractivity contribution is 6.55. The number of benzene rings is 3. The van der Waals surface area contributed by atoms with E-state index in [9.17, 15) is 19.5 Å². The summed E-state index contributed by atoms with van der Waals surface area (Å²) in [5.41, 5.74) is 1.58. The van der Waals surface area contributed by atoms with Crippen LogP contribution in [0.1, 0.15) is 95.4 Å². The molecule has 1 heterocycles. The quantitative estimate of drug-likeness (QED) is 0.130. The van der Waals surface area contributed by atoms with Crippen LogP contribution < -0.4 is 5.32 Å². The fourth-order valence-corrected chi connectivity index (χ4v) is 6.34. The van der Waals surface area contributed by atoms with Gasteiger partial charge in [-0.15, -0.1) is 0 Å². The van der Waals surface area contributed by atoms with Crippen molar-refractivity contribution in [2.24, 2.45) is 0 Å². The van der Waals surface area contributed by atoms with E-state index in [1.165, 1.54) is 0 Å². The minimum Gasteiger partial charge on any atom is -0.507 e. The van der Waals surface area contributed by atoms with Gasteiger partial charge in [0.1, 0.15) is 11.7 Å². The van der Waals surface area contributed by atoms with Crippen LogP contribution in [-0.2, 0) is 10.8 Å². The minimum atomic E-state index is -1.31. The molecule has 0 radical (unpaired) electrons. The van der Waals surface area contributed by atoms with Crippen molar-refractivity contribution in [2.45, 2.75) is 58.3 Å². The maximum atomic E-state index is 13.7. The molecule has 0 unspecified atom stereocenters. The van der Waals surface area contributed by atoms with E-state index in [1.807, 2.05) is 41.5 Å². The van der Waals surface area contributed by atoms with Gasteiger partial charge in [-0.1, -0.05) is 106 Å². The van der Waals surface area contributed by atoms with Crippen molar-refractivity contribution >= 4 is 80.5 Å². The van der Waals surface area contributed by atoms with E-state index in [0.29, 0.717) is 33.3 Å². The van der Waals surface area contributed by atoms with Gasteiger partial charge in [0, 0.05) is 22.1 Å². The Kier molecular flexibility index (Phi) is 7.84. The third-order valence-electron chi connectivity index (χ3n) is 7.56. The number of ketones is 2. The van der Waals surface area contributed by atoms with Gasteiger partial charge < -0.3 is 10.4 Å². The van der Waals surface area contributed by atoms with E-state index < -0.39 is 34.2 Å². The average Bonchev–Trinajstić information content (AvgIpc) is 3.19. The summed E-state index contributed by atoms with van der Waals surface area (Å²) in [6.07, 6.45) is 0. The van der Waals surface area contributed by atoms with Crippen molar-refractivity contribution in [3.05, 3.63) is 96.1 Å². The molecule has 0 saturated carbocycles. The number of Topliss-reactive ketones (excluding diaryl/α,β-unsaturated/α-hetero) is 2. The smallest absolute Gasteiger partial charge is 0.255 e. The number of anilines is 1. The summed E-state index contributed by atoms with van der Waals surface area (Å²) in [5, 5.41) is 14.2. The van der Waals surface area contributed by atoms with Crippen LogP contribution >= 0.6 is 46.4 Å². The van der Waals surface area contributed by atoms with E-state index in [2.05, 4.69) is 10.3 Å². The number of para-hydroxylation sites is 1. The van der Waals surface area contributed by atoms with Gasteiger partial charge in [-0.2, -0.15) is 0 Å². The molecule has 0 fully saturated rings. The summed E-state index contributed by atoms with van der Waals surface area (Å²) in [6, 6.07) is 11.9. The van der Waals surface area contributed by atoms with Gasteiger partial charge in [0.25, 0.3) is 5.91 Å². The first kappa shape index (κ1) is 31.3. The summed E-state index contributed by atoms with van der Waals surface area (Å²) in [5.74, 6) is -2.73. The highest BCUT2D eigenvalue weighted by Crippen LogP contribution is 2.48. The first-order valence-electron chi connectivity index (χ1n) is 13.5. The summed E-state index contributed by atoms with van der Waals surface area (Å²) in [6.45, 7) is 11.8. The van der Waals surface area contributed by atoms with E-state index in [-0.39, 0.29) is 42.7 Å². The molecule has 1 aromatic heterocycles. The number of rotatable bonds is 3. The molecule has 0 aliphatic heterocycles. The summed E-state index contributed by atoms with van der Waals surface area (Å²) in [4.78, 5) is 45.3. The summed E-state index contributed by atoms with van der Waals surface area (Å²) in [7, 11) is 0. The first-order valence-corrected chi connectivity index (χ1v) is 15.0. The first-order chi connectivity index (χ1) is 19.9. The number of hydrogen-bond donors (Lipinski definition) is 2. The number of phenolic OH excluding ortho intramolecular Hbond substituents is 1. The Morgan fingerprint density at radius 3 is 1.79 bits per heavy atom. The Morgan fingerprint density at radius 2 is 1.30 bits per heavy atom. The number of hydrogen-bond acceptors (Lipinski definition) is 5. The Labute approximate surface area is 269 Å². The topological polar surface area (TPSA) is 96.4 Å². The largest absolute Gasteiger partial charge is 0.507 e. The number of pyridine rings is 1. The molecule has 6 nitrogen and oxygen atoms in total. The van der Waals surface area contributed by atoms with Crippen molar-refractivity contribution in [1.29, 1.82) is 0 Å². The average molecular weight is 658 g/mol. The molecule has 0 atom stereocenters. The van der Waals surface area contributed by atoms with Gasteiger partial charge >= 0.3 is 0 Å². The van der Waals surface area contributed by atoms with Gasteiger partial charge in [-0.25, -0.2) is 4.98 Å². The number of nitrogens with one attached hydrogen (secondary N) is 1. The van der Waals surface area contributed by atoms with Crippen LogP contribution in [0.3, 0.4) is 0 Å². The number of aromatic hydroxyl groups is 1. The highest BCUT2D eigenvalue weighted by Gasteiger charge is 2.45. The molecule has 43 heavy (non-hydrogen) atoms. The van der Waals surface area contributed by atoms with E-state index in [1.54, 1.807) is 42.5 Å². The maximum Gasteiger partial charge on any atom is 0.255 e. The molecule has 0 spiro atoms. The van der Waals surface area contributed by atoms with Crippen LogP contribution in [-0.4, -0.2) is 27.6 Å². The number of fused-ring (bicyclic) bond motifs is 2. The van der Waals surface area contributed by atoms with Crippen molar-refractivity contribution in [3.8, 4) is 5.75 Å². The third kappa shape index (κ3) is 5.29. The standard InChI is InChI=1S/C33H28Cl4N2O4/c1-32(2,3)16-12-15(13-17(28(16)40)33(4,5)6)31(43)39-19-9-7-8-14-10-11-18(38-27(14)19)20-29(41)21-22(30(20)42)24(35)26(37)25(36)23(21)34/h7-13,20,40H,1-6H3,(H,39,43). The van der Waals surface area contributed by atoms with Crippen LogP contribution in [0.15, 0.2) is 42.5 Å². The molecule has 0 bridgehead atoms. The zero-order valence-corrected chi connectivity index (χ0v) is 27.3. The molecule has 0 saturated heterocycles. The lowest BCUT2D eigenvalue weighted by Crippen LogP contribution is -2.21. The number of aromatic nitrogens is 1. The Hall–Kier alpha value is -3.16. The van der Waals surface area contributed by atoms with Gasteiger partial charge in [0.15, 0.2) is 11.6 Å². The van der Waals surface area contributed by atoms with Crippen molar-refractivity contribution in [3.63, 3.8) is 0 Å². The number of carbonyl (C=O) groups is 3. The Morgan fingerprint density at radius 1 is 0.791 bits per heavy atom. The number of halogens is 4. The molecule has 1 aliphatic carbocycles. The maximum absolute atomic E-state index is 13.7. The van der Waals surface area contributed by atoms with E-state index in [0.717, 1.165) is 0 Å². The van der Waals surface area contributed by atoms with Gasteiger partial charge in [-0.05, 0) is 35.1 Å². The van der Waals surface area contributed by atoms with E-state index >= 15 is 0 Å². The normalized spacial score (nSPS) is 14.0. The molecule has 4 aromatic rings. The lowest BCUT2D eigenvalue weighted by atomic mass is 9.78. The SMILES string of the molecule is CC(C)(C)c1cc(C(=O)Nc2cccc3ccc(C4C(=O)c5c(Cl)c(Cl)c(Cl)c(Cl)c5C4=O)nc23)cc(C(C)(C)C)c1O. The fourth-order valence-electron chi connectivity index (χ4n) is 5.30. The van der Waals surface area contributed by atoms with Crippen LogP contribution in [0.2, 0.25) is 20.1 Å². The van der Waals surface area contributed by atoms with Crippen molar-refractivity contribution in [1.82, 2.24) is 4.98 Å². The molecule has 1 amide bonds. The Bertz CT molecular complexity index is 1810. The Balaban J connectivity index is 1.58. The fraction of sp³-hybridized carbons (Fsp3) is 0.273. The molecule has 5 rings (SSSR count). The molecule has 3 aromatic carbocycles. The van der Waals surface area contributed by atoms with Gasteiger partial charge in [0.05, 0.1) is 48.1 Å². The van der Waals surface area contributed by atoms with Crippen LogP contribution in [0.5, 0.6) is 5.75 Å². The zero-order chi connectivity index (χ0) is 31.8.